The lowest BCUT2D eigenvalue weighted by Gasteiger charge is -2.33. The first-order valence-corrected chi connectivity index (χ1v) is 14.1. The van der Waals surface area contributed by atoms with Crippen LogP contribution < -0.4 is 20.3 Å². The van der Waals surface area contributed by atoms with E-state index in [-0.39, 0.29) is 29.5 Å². The molecule has 4 amide bonds. The Morgan fingerprint density at radius 1 is 1.25 bits per heavy atom. The number of hydrogen-bond acceptors (Lipinski definition) is 7. The largest absolute Gasteiger partial charge is 0.497 e. The van der Waals surface area contributed by atoms with Crippen molar-refractivity contribution in [1.82, 2.24) is 15.2 Å². The fraction of sp³-hybridized carbons (Fsp3) is 0.345. The number of anilines is 3. The number of allylic oxidation sites excluding steroid dienone is 1. The molecule has 1 saturated carbocycles. The number of nitriles is 1. The van der Waals surface area contributed by atoms with Gasteiger partial charge in [0.1, 0.15) is 27.1 Å². The molecule has 1 aromatic carbocycles. The molecule has 3 aliphatic rings. The normalized spacial score (nSPS) is 18.8. The van der Waals surface area contributed by atoms with E-state index in [1.165, 1.54) is 11.3 Å². The second kappa shape index (κ2) is 10.3. The minimum absolute atomic E-state index is 0.182. The highest BCUT2D eigenvalue weighted by Gasteiger charge is 2.35. The molecule has 2 N–H and O–H groups in total. The van der Waals surface area contributed by atoms with Crippen molar-refractivity contribution in [1.29, 1.82) is 5.26 Å². The second-order valence-electron chi connectivity index (χ2n) is 10.3. The van der Waals surface area contributed by atoms with E-state index in [9.17, 15) is 19.6 Å². The van der Waals surface area contributed by atoms with Gasteiger partial charge in [0, 0.05) is 25.3 Å². The molecule has 6 rings (SSSR count). The number of carbonyl (C=O) groups excluding carboxylic acids is 3. The molecule has 3 aromatic rings. The molecule has 0 spiro atoms. The number of nitrogens with one attached hydrogen (secondary N) is 2. The zero-order chi connectivity index (χ0) is 28.0. The Labute approximate surface area is 235 Å². The van der Waals surface area contributed by atoms with Crippen LogP contribution in [0.1, 0.15) is 40.9 Å². The first-order chi connectivity index (χ1) is 19.4. The molecule has 2 fully saturated rings. The Morgan fingerprint density at radius 3 is 2.80 bits per heavy atom. The quantitative estimate of drug-likeness (QED) is 0.329. The van der Waals surface area contributed by atoms with E-state index in [4.69, 9.17) is 4.74 Å². The van der Waals surface area contributed by atoms with Crippen LogP contribution in [0.4, 0.5) is 21.9 Å². The zero-order valence-electron chi connectivity index (χ0n) is 22.2. The first kappa shape index (κ1) is 25.8. The number of ether oxygens (including phenoxy) is 1. The highest BCUT2D eigenvalue weighted by molar-refractivity contribution is 7.21. The third kappa shape index (κ3) is 4.64. The van der Waals surface area contributed by atoms with Crippen LogP contribution in [-0.2, 0) is 4.79 Å². The predicted octanol–water partition coefficient (Wildman–Crippen LogP) is 4.88. The van der Waals surface area contributed by atoms with E-state index in [1.54, 1.807) is 41.3 Å². The number of hydrogen-bond donors (Lipinski definition) is 2. The molecule has 40 heavy (non-hydrogen) atoms. The smallest absolute Gasteiger partial charge is 0.331 e. The maximum absolute atomic E-state index is 13.5. The molecule has 1 saturated heterocycles. The third-order valence-corrected chi connectivity index (χ3v) is 8.61. The van der Waals surface area contributed by atoms with E-state index >= 15 is 0 Å². The van der Waals surface area contributed by atoms with Crippen LogP contribution in [0, 0.1) is 24.2 Å². The summed E-state index contributed by atoms with van der Waals surface area (Å²) in [6.07, 6.45) is 6.87. The number of urea groups is 1. The summed E-state index contributed by atoms with van der Waals surface area (Å²) in [4.78, 5) is 48.6. The minimum atomic E-state index is -0.373. The van der Waals surface area contributed by atoms with Gasteiger partial charge in [-0.15, -0.1) is 11.3 Å². The summed E-state index contributed by atoms with van der Waals surface area (Å²) >= 11 is 1.22. The van der Waals surface area contributed by atoms with Crippen molar-refractivity contribution >= 4 is 56.5 Å². The van der Waals surface area contributed by atoms with Crippen molar-refractivity contribution in [2.45, 2.75) is 38.6 Å². The standard InChI is InChI=1S/C29H28N6O4S/c1-16-12-20(39-2)7-8-21(16)35-22-9-10-31-27-23(22)24(33-29(35)38)25(40-27)26(36)32-19-4-3-11-34(15-19)28(37)18(14-30)13-17-5-6-17/h7-10,12-13,17,19H,3-6,11,15H2,1-2H3,(H,32,36)(H,33,38)/b18-13+. The van der Waals surface area contributed by atoms with Gasteiger partial charge < -0.3 is 20.3 Å². The van der Waals surface area contributed by atoms with Crippen molar-refractivity contribution in [2.24, 2.45) is 5.92 Å². The Morgan fingerprint density at radius 2 is 2.08 bits per heavy atom. The lowest BCUT2D eigenvalue weighted by Crippen LogP contribution is -2.50. The number of likely N-dealkylation sites (tertiary alicyclic amines) is 1. The zero-order valence-corrected chi connectivity index (χ0v) is 23.0. The monoisotopic (exact) mass is 556 g/mol. The molecule has 1 aliphatic carbocycles. The number of benzene rings is 1. The molecule has 204 valence electrons. The van der Waals surface area contributed by atoms with Crippen molar-refractivity contribution in [2.75, 3.05) is 30.4 Å². The molecule has 1 atom stereocenters. The number of nitrogens with zero attached hydrogens (tertiary/aromatic N) is 4. The Balaban J connectivity index is 1.26. The SMILES string of the molecule is COc1ccc(N2C(=O)Nc3c(C(=O)NC4CCCN(C(=O)/C(C#N)=C/C5CC5)C4)sc4nccc2c34)c(C)c1. The molecular weight excluding hydrogens is 528 g/mol. The van der Waals surface area contributed by atoms with E-state index in [2.05, 4.69) is 15.6 Å². The molecule has 10 nitrogen and oxygen atoms in total. The number of pyridine rings is 1. The molecule has 2 aliphatic heterocycles. The number of amides is 4. The Kier molecular flexibility index (Phi) is 6.64. The number of rotatable bonds is 6. The van der Waals surface area contributed by atoms with Gasteiger partial charge in [-0.2, -0.15) is 5.26 Å². The van der Waals surface area contributed by atoms with Gasteiger partial charge in [-0.25, -0.2) is 9.78 Å². The first-order valence-electron chi connectivity index (χ1n) is 13.3. The van der Waals surface area contributed by atoms with Crippen LogP contribution in [0.5, 0.6) is 5.75 Å². The predicted molar refractivity (Wildman–Crippen MR) is 152 cm³/mol. The summed E-state index contributed by atoms with van der Waals surface area (Å²) in [5.74, 6) is 0.411. The number of aromatic nitrogens is 1. The lowest BCUT2D eigenvalue weighted by molar-refractivity contribution is -0.128. The lowest BCUT2D eigenvalue weighted by atomic mass is 10.0. The van der Waals surface area contributed by atoms with Crippen LogP contribution in [0.2, 0.25) is 0 Å². The van der Waals surface area contributed by atoms with Gasteiger partial charge in [0.15, 0.2) is 0 Å². The van der Waals surface area contributed by atoms with E-state index in [0.717, 1.165) is 24.8 Å². The third-order valence-electron chi connectivity index (χ3n) is 7.52. The molecule has 0 bridgehead atoms. The fourth-order valence-corrected chi connectivity index (χ4v) is 6.37. The van der Waals surface area contributed by atoms with E-state index in [0.29, 0.717) is 63.3 Å². The number of piperidine rings is 1. The Hall–Kier alpha value is -4.43. The van der Waals surface area contributed by atoms with Crippen molar-refractivity contribution in [3.05, 3.63) is 52.6 Å². The summed E-state index contributed by atoms with van der Waals surface area (Å²) in [5.41, 5.74) is 2.83. The summed E-state index contributed by atoms with van der Waals surface area (Å²) in [6, 6.07) is 8.68. The van der Waals surface area contributed by atoms with E-state index in [1.807, 2.05) is 25.1 Å². The van der Waals surface area contributed by atoms with Gasteiger partial charge in [-0.05, 0) is 68.4 Å². The molecule has 2 aromatic heterocycles. The van der Waals surface area contributed by atoms with Crippen LogP contribution in [0.25, 0.3) is 10.2 Å². The summed E-state index contributed by atoms with van der Waals surface area (Å²) in [7, 11) is 1.59. The summed E-state index contributed by atoms with van der Waals surface area (Å²) in [5, 5.41) is 16.2. The fourth-order valence-electron chi connectivity index (χ4n) is 5.35. The van der Waals surface area contributed by atoms with Crippen molar-refractivity contribution in [3.8, 4) is 11.8 Å². The highest BCUT2D eigenvalue weighted by Crippen LogP contribution is 2.46. The van der Waals surface area contributed by atoms with Crippen LogP contribution in [0.3, 0.4) is 0 Å². The topological polar surface area (TPSA) is 128 Å². The van der Waals surface area contributed by atoms with Gasteiger partial charge in [0.05, 0.1) is 29.6 Å². The second-order valence-corrected chi connectivity index (χ2v) is 11.3. The molecule has 11 heteroatoms. The maximum atomic E-state index is 13.5. The van der Waals surface area contributed by atoms with Crippen LogP contribution >= 0.6 is 11.3 Å². The summed E-state index contributed by atoms with van der Waals surface area (Å²) < 4.78 is 5.31. The van der Waals surface area contributed by atoms with Crippen molar-refractivity contribution in [3.63, 3.8) is 0 Å². The van der Waals surface area contributed by atoms with Gasteiger partial charge in [0.25, 0.3) is 11.8 Å². The average Bonchev–Trinajstić information content (AvgIpc) is 3.71. The molecule has 4 heterocycles. The summed E-state index contributed by atoms with van der Waals surface area (Å²) in [6.45, 7) is 2.78. The molecule has 0 radical (unpaired) electrons. The van der Waals surface area contributed by atoms with Crippen LogP contribution in [0.15, 0.2) is 42.1 Å². The van der Waals surface area contributed by atoms with Crippen molar-refractivity contribution < 1.29 is 19.1 Å². The number of aryl methyl sites for hydroxylation is 1. The average molecular weight is 557 g/mol. The molecule has 1 unspecified atom stereocenters. The van der Waals surface area contributed by atoms with Gasteiger partial charge in [0.2, 0.25) is 0 Å². The maximum Gasteiger partial charge on any atom is 0.331 e. The van der Waals surface area contributed by atoms with E-state index < -0.39 is 0 Å². The Bertz CT molecular complexity index is 1620. The molecular formula is C29H28N6O4S. The van der Waals surface area contributed by atoms with Crippen LogP contribution in [-0.4, -0.2) is 54.0 Å². The van der Waals surface area contributed by atoms with Gasteiger partial charge >= 0.3 is 6.03 Å². The van der Waals surface area contributed by atoms with Gasteiger partial charge in [-0.3, -0.25) is 14.5 Å². The minimum Gasteiger partial charge on any atom is -0.497 e. The number of carbonyl (C=O) groups is 3. The highest BCUT2D eigenvalue weighted by atomic mass is 32.1. The van der Waals surface area contributed by atoms with Gasteiger partial charge in [-0.1, -0.05) is 6.08 Å². The number of thiophene rings is 1. The number of methoxy groups -OCH3 is 1.